The van der Waals surface area contributed by atoms with Gasteiger partial charge in [-0.1, -0.05) is 18.2 Å². The summed E-state index contributed by atoms with van der Waals surface area (Å²) in [6, 6.07) is 5.43. The van der Waals surface area contributed by atoms with Crippen LogP contribution in [0.25, 0.3) is 0 Å². The Morgan fingerprint density at radius 1 is 1.60 bits per heavy atom. The van der Waals surface area contributed by atoms with Crippen LogP contribution in [0.5, 0.6) is 5.75 Å². The van der Waals surface area contributed by atoms with Crippen molar-refractivity contribution >= 4 is 27.5 Å². The van der Waals surface area contributed by atoms with Crippen molar-refractivity contribution in [3.63, 3.8) is 0 Å². The van der Waals surface area contributed by atoms with E-state index in [1.165, 1.54) is 0 Å². The molecular weight excluding hydrogens is 277 g/mol. The summed E-state index contributed by atoms with van der Waals surface area (Å²) in [6.07, 6.45) is 0. The van der Waals surface area contributed by atoms with Crippen LogP contribution in [-0.4, -0.2) is 20.2 Å². The van der Waals surface area contributed by atoms with Crippen molar-refractivity contribution in [1.82, 2.24) is 5.32 Å². The summed E-state index contributed by atoms with van der Waals surface area (Å²) in [5, 5.41) is 3.70. The van der Waals surface area contributed by atoms with Gasteiger partial charge in [0.25, 0.3) is 0 Å². The predicted octanol–water partition coefficient (Wildman–Crippen LogP) is 3.26. The van der Waals surface area contributed by atoms with Crippen LogP contribution in [0, 0.1) is 0 Å². The third-order valence-corrected chi connectivity index (χ3v) is 2.61. The van der Waals surface area contributed by atoms with Gasteiger partial charge in [-0.05, 0) is 46.7 Å². The Morgan fingerprint density at radius 3 is 2.93 bits per heavy atom. The summed E-state index contributed by atoms with van der Waals surface area (Å²) in [7, 11) is 1.88. The van der Waals surface area contributed by atoms with Crippen LogP contribution in [0.15, 0.2) is 34.8 Å². The molecule has 0 saturated heterocycles. The van der Waals surface area contributed by atoms with Crippen LogP contribution < -0.4 is 10.1 Å². The minimum atomic E-state index is 0.501. The lowest BCUT2D eigenvalue weighted by Gasteiger charge is -2.09. The number of hydrogen-bond acceptors (Lipinski definition) is 2. The molecule has 0 heterocycles. The molecule has 4 heteroatoms. The maximum absolute atomic E-state index is 5.82. The van der Waals surface area contributed by atoms with E-state index < -0.39 is 0 Å². The van der Waals surface area contributed by atoms with Crippen molar-refractivity contribution in [3.05, 3.63) is 39.8 Å². The maximum Gasteiger partial charge on any atom is 0.134 e. The summed E-state index contributed by atoms with van der Waals surface area (Å²) >= 11 is 9.20. The van der Waals surface area contributed by atoms with E-state index in [-0.39, 0.29) is 0 Å². The molecule has 0 atom stereocenters. The molecule has 0 aliphatic rings. The third kappa shape index (κ3) is 4.24. The molecule has 15 heavy (non-hydrogen) atoms. The Bertz CT molecular complexity index is 354. The molecule has 2 nitrogen and oxygen atoms in total. The molecule has 0 unspecified atom stereocenters. The van der Waals surface area contributed by atoms with E-state index in [4.69, 9.17) is 16.3 Å². The summed E-state index contributed by atoms with van der Waals surface area (Å²) in [6.45, 7) is 5.13. The second-order valence-electron chi connectivity index (χ2n) is 3.14. The second-order valence-corrected chi connectivity index (χ2v) is 4.43. The lowest BCUT2D eigenvalue weighted by molar-refractivity contribution is 0.347. The van der Waals surface area contributed by atoms with Crippen LogP contribution in [0.4, 0.5) is 0 Å². The van der Waals surface area contributed by atoms with Crippen molar-refractivity contribution in [1.29, 1.82) is 0 Å². The number of halogens is 2. The molecule has 0 saturated carbocycles. The van der Waals surface area contributed by atoms with E-state index in [0.717, 1.165) is 22.3 Å². The Morgan fingerprint density at radius 2 is 2.33 bits per heavy atom. The van der Waals surface area contributed by atoms with Gasteiger partial charge < -0.3 is 10.1 Å². The van der Waals surface area contributed by atoms with Crippen LogP contribution in [0.1, 0.15) is 0 Å². The molecule has 0 aliphatic carbocycles. The normalized spacial score (nSPS) is 10.1. The first-order valence-corrected chi connectivity index (χ1v) is 5.69. The summed E-state index contributed by atoms with van der Waals surface area (Å²) < 4.78 is 6.41. The minimum Gasteiger partial charge on any atom is -0.488 e. The Balaban J connectivity index is 2.54. The molecule has 0 spiro atoms. The van der Waals surface area contributed by atoms with Crippen LogP contribution in [-0.2, 0) is 0 Å². The first-order valence-electron chi connectivity index (χ1n) is 4.52. The molecule has 0 aromatic heterocycles. The zero-order chi connectivity index (χ0) is 11.3. The second kappa shape index (κ2) is 6.16. The highest BCUT2D eigenvalue weighted by molar-refractivity contribution is 9.10. The monoisotopic (exact) mass is 289 g/mol. The van der Waals surface area contributed by atoms with E-state index >= 15 is 0 Å². The van der Waals surface area contributed by atoms with E-state index in [0.29, 0.717) is 11.6 Å². The van der Waals surface area contributed by atoms with Gasteiger partial charge in [-0.25, -0.2) is 0 Å². The molecule has 1 aromatic rings. The van der Waals surface area contributed by atoms with Crippen LogP contribution in [0.3, 0.4) is 0 Å². The average molecular weight is 291 g/mol. The number of rotatable bonds is 5. The molecule has 1 rings (SSSR count). The molecule has 0 aliphatic heterocycles. The number of hydrogen-bond donors (Lipinski definition) is 1. The summed E-state index contributed by atoms with van der Waals surface area (Å²) in [5.74, 6) is 0.775. The van der Waals surface area contributed by atoms with E-state index in [9.17, 15) is 0 Å². The van der Waals surface area contributed by atoms with Crippen molar-refractivity contribution < 1.29 is 4.74 Å². The smallest absolute Gasteiger partial charge is 0.134 e. The highest BCUT2D eigenvalue weighted by Gasteiger charge is 2.02. The first kappa shape index (κ1) is 12.6. The van der Waals surface area contributed by atoms with E-state index in [1.54, 1.807) is 12.1 Å². The van der Waals surface area contributed by atoms with Crippen molar-refractivity contribution in [3.8, 4) is 5.75 Å². The number of nitrogens with one attached hydrogen (secondary N) is 1. The standard InChI is InChI=1S/C11H13BrClNO/c1-8(6-14-2)7-15-11-4-3-9(13)5-10(11)12/h3-5,14H,1,6-7H2,2H3. The number of benzene rings is 1. The van der Waals surface area contributed by atoms with Gasteiger partial charge in [0.15, 0.2) is 0 Å². The molecule has 82 valence electrons. The van der Waals surface area contributed by atoms with Crippen LogP contribution >= 0.6 is 27.5 Å². The first-order chi connectivity index (χ1) is 7.13. The predicted molar refractivity (Wildman–Crippen MR) is 67.7 cm³/mol. The third-order valence-electron chi connectivity index (χ3n) is 1.75. The van der Waals surface area contributed by atoms with Crippen molar-refractivity contribution in [2.75, 3.05) is 20.2 Å². The van der Waals surface area contributed by atoms with Gasteiger partial charge in [-0.3, -0.25) is 0 Å². The quantitative estimate of drug-likeness (QED) is 0.841. The zero-order valence-corrected chi connectivity index (χ0v) is 10.9. The Hall–Kier alpha value is -0.510. The highest BCUT2D eigenvalue weighted by atomic mass is 79.9. The van der Waals surface area contributed by atoms with Gasteiger partial charge in [0, 0.05) is 11.6 Å². The minimum absolute atomic E-state index is 0.501. The maximum atomic E-state index is 5.82. The van der Waals surface area contributed by atoms with Crippen molar-refractivity contribution in [2.24, 2.45) is 0 Å². The van der Waals surface area contributed by atoms with Crippen molar-refractivity contribution in [2.45, 2.75) is 0 Å². The summed E-state index contributed by atoms with van der Waals surface area (Å²) in [4.78, 5) is 0. The molecule has 1 aromatic carbocycles. The fraction of sp³-hybridized carbons (Fsp3) is 0.273. The molecule has 0 bridgehead atoms. The van der Waals surface area contributed by atoms with E-state index in [2.05, 4.69) is 27.8 Å². The summed E-state index contributed by atoms with van der Waals surface area (Å²) in [5.41, 5.74) is 0.999. The Kier molecular flexibility index (Phi) is 5.15. The molecule has 0 fully saturated rings. The van der Waals surface area contributed by atoms with Gasteiger partial charge in [0.05, 0.1) is 4.47 Å². The number of likely N-dealkylation sites (N-methyl/N-ethyl adjacent to an activating group) is 1. The van der Waals surface area contributed by atoms with Crippen LogP contribution in [0.2, 0.25) is 5.02 Å². The van der Waals surface area contributed by atoms with Gasteiger partial charge in [0.2, 0.25) is 0 Å². The molecular formula is C11H13BrClNO. The molecule has 0 amide bonds. The van der Waals surface area contributed by atoms with Gasteiger partial charge in [0.1, 0.15) is 12.4 Å². The Labute approximate surface area is 103 Å². The fourth-order valence-corrected chi connectivity index (χ4v) is 1.87. The molecule has 1 N–H and O–H groups in total. The fourth-order valence-electron chi connectivity index (χ4n) is 1.07. The zero-order valence-electron chi connectivity index (χ0n) is 8.52. The number of ether oxygens (including phenoxy) is 1. The highest BCUT2D eigenvalue weighted by Crippen LogP contribution is 2.28. The largest absolute Gasteiger partial charge is 0.488 e. The lowest BCUT2D eigenvalue weighted by Crippen LogP contribution is -2.14. The van der Waals surface area contributed by atoms with Gasteiger partial charge in [-0.15, -0.1) is 0 Å². The lowest BCUT2D eigenvalue weighted by atomic mass is 10.3. The average Bonchev–Trinajstić information content (AvgIpc) is 2.17. The van der Waals surface area contributed by atoms with E-state index in [1.807, 2.05) is 13.1 Å². The SMILES string of the molecule is C=C(CNC)COc1ccc(Cl)cc1Br. The topological polar surface area (TPSA) is 21.3 Å². The molecule has 0 radical (unpaired) electrons. The van der Waals surface area contributed by atoms with Gasteiger partial charge >= 0.3 is 0 Å². The van der Waals surface area contributed by atoms with Gasteiger partial charge in [-0.2, -0.15) is 0 Å².